The zero-order valence-electron chi connectivity index (χ0n) is 17.8. The Bertz CT molecular complexity index is 1110. The number of carbonyl (C=O) groups excluding carboxylic acids is 1. The Labute approximate surface area is 180 Å². The van der Waals surface area contributed by atoms with Gasteiger partial charge in [0.25, 0.3) is 5.56 Å². The molecule has 3 rings (SSSR count). The highest BCUT2D eigenvalue weighted by Crippen LogP contribution is 2.18. The van der Waals surface area contributed by atoms with Gasteiger partial charge in [-0.25, -0.2) is 9.78 Å². The maximum absolute atomic E-state index is 12.8. The first-order chi connectivity index (χ1) is 14.4. The molecule has 0 saturated carbocycles. The van der Waals surface area contributed by atoms with Crippen LogP contribution in [0.2, 0.25) is 0 Å². The molecular weight excluding hydrogens is 398 g/mol. The Morgan fingerprint density at radius 3 is 2.53 bits per heavy atom. The first kappa shape index (κ1) is 21.9. The number of fused-ring (bicyclic) bond motifs is 1. The summed E-state index contributed by atoms with van der Waals surface area (Å²) in [6.07, 6.45) is 5.29. The van der Waals surface area contributed by atoms with E-state index in [1.54, 1.807) is 6.92 Å². The lowest BCUT2D eigenvalue weighted by Gasteiger charge is -2.17. The summed E-state index contributed by atoms with van der Waals surface area (Å²) in [5, 5.41) is 0. The summed E-state index contributed by atoms with van der Waals surface area (Å²) in [6.45, 7) is 10.8. The lowest BCUT2D eigenvalue weighted by atomic mass is 10.1. The minimum Gasteiger partial charge on any atom is -0.460 e. The van der Waals surface area contributed by atoms with Crippen LogP contribution in [0.5, 0.6) is 0 Å². The van der Waals surface area contributed by atoms with Crippen molar-refractivity contribution in [2.24, 2.45) is 0 Å². The molecule has 0 unspecified atom stereocenters. The van der Waals surface area contributed by atoms with Gasteiger partial charge in [0.2, 0.25) is 0 Å². The normalized spacial score (nSPS) is 11.6. The fraction of sp³-hybridized carbons (Fsp3) is 0.348. The number of hydrogen-bond donors (Lipinski definition) is 0. The van der Waals surface area contributed by atoms with Crippen molar-refractivity contribution in [2.45, 2.75) is 27.7 Å². The number of benzene rings is 1. The van der Waals surface area contributed by atoms with Crippen molar-refractivity contribution in [1.82, 2.24) is 14.3 Å². The van der Waals surface area contributed by atoms with Gasteiger partial charge in [-0.3, -0.25) is 9.20 Å². The fourth-order valence-corrected chi connectivity index (χ4v) is 3.91. The Hall–Kier alpha value is -2.77. The third-order valence-corrected chi connectivity index (χ3v) is 6.00. The van der Waals surface area contributed by atoms with E-state index in [4.69, 9.17) is 4.74 Å². The molecule has 3 aromatic rings. The van der Waals surface area contributed by atoms with Gasteiger partial charge < -0.3 is 9.64 Å². The van der Waals surface area contributed by atoms with Crippen LogP contribution in [0.1, 0.15) is 45.9 Å². The van der Waals surface area contributed by atoms with Gasteiger partial charge in [0, 0.05) is 18.3 Å². The fourth-order valence-electron chi connectivity index (χ4n) is 3.03. The molecule has 30 heavy (non-hydrogen) atoms. The number of nitrogens with zero attached hydrogens (tertiary/aromatic N) is 3. The van der Waals surface area contributed by atoms with Gasteiger partial charge in [0.05, 0.1) is 5.69 Å². The molecule has 158 valence electrons. The highest BCUT2D eigenvalue weighted by Gasteiger charge is 2.16. The molecule has 6 nitrogen and oxygen atoms in total. The van der Waals surface area contributed by atoms with Crippen molar-refractivity contribution in [3.8, 4) is 0 Å². The quantitative estimate of drug-likeness (QED) is 0.510. The van der Waals surface area contributed by atoms with E-state index in [0.717, 1.165) is 18.7 Å². The molecular formula is C23H27N3O3S. The van der Waals surface area contributed by atoms with Crippen molar-refractivity contribution in [3.63, 3.8) is 0 Å². The molecule has 0 aliphatic carbocycles. The van der Waals surface area contributed by atoms with Gasteiger partial charge >= 0.3 is 5.97 Å². The second kappa shape index (κ2) is 9.82. The van der Waals surface area contributed by atoms with Crippen LogP contribution in [0.4, 0.5) is 0 Å². The van der Waals surface area contributed by atoms with Crippen LogP contribution in [0.15, 0.2) is 35.3 Å². The van der Waals surface area contributed by atoms with Gasteiger partial charge in [-0.15, -0.1) is 0 Å². The van der Waals surface area contributed by atoms with Crippen LogP contribution >= 0.6 is 11.3 Å². The smallest absolute Gasteiger partial charge is 0.350 e. The predicted octanol–water partition coefficient (Wildman–Crippen LogP) is 4.04. The first-order valence-corrected chi connectivity index (χ1v) is 10.9. The third kappa shape index (κ3) is 5.04. The van der Waals surface area contributed by atoms with Crippen LogP contribution in [0.3, 0.4) is 0 Å². The molecule has 7 heteroatoms. The number of aromatic nitrogens is 2. The SMILES string of the molecule is CCN(CC)CCOC(=O)c1cn2c(=O)c(C)c(C=Cc3ccc(C)cc3)nc2s1. The van der Waals surface area contributed by atoms with Crippen LogP contribution in [-0.4, -0.2) is 46.5 Å². The van der Waals surface area contributed by atoms with Gasteiger partial charge in [-0.05, 0) is 38.6 Å². The summed E-state index contributed by atoms with van der Waals surface area (Å²) in [4.78, 5) is 32.8. The van der Waals surface area contributed by atoms with Crippen LogP contribution in [0.25, 0.3) is 17.1 Å². The van der Waals surface area contributed by atoms with Gasteiger partial charge in [0.1, 0.15) is 11.5 Å². The largest absolute Gasteiger partial charge is 0.460 e. The van der Waals surface area contributed by atoms with E-state index in [-0.39, 0.29) is 5.56 Å². The van der Waals surface area contributed by atoms with E-state index in [1.807, 2.05) is 43.3 Å². The summed E-state index contributed by atoms with van der Waals surface area (Å²) in [5.74, 6) is -0.425. The molecule has 0 atom stereocenters. The molecule has 0 aliphatic heterocycles. The average molecular weight is 426 g/mol. The summed E-state index contributed by atoms with van der Waals surface area (Å²) in [5.41, 5.74) is 3.18. The van der Waals surface area contributed by atoms with Crippen molar-refractivity contribution in [2.75, 3.05) is 26.2 Å². The number of carbonyl (C=O) groups is 1. The molecule has 0 N–H and O–H groups in total. The predicted molar refractivity (Wildman–Crippen MR) is 122 cm³/mol. The topological polar surface area (TPSA) is 63.9 Å². The number of ether oxygens (including phenoxy) is 1. The van der Waals surface area contributed by atoms with Crippen LogP contribution in [0, 0.1) is 13.8 Å². The van der Waals surface area contributed by atoms with Gasteiger partial charge in [-0.2, -0.15) is 0 Å². The molecule has 0 amide bonds. The Kier molecular flexibility index (Phi) is 7.18. The van der Waals surface area contributed by atoms with Crippen molar-refractivity contribution in [3.05, 3.63) is 68.1 Å². The zero-order chi connectivity index (χ0) is 21.7. The molecule has 0 fully saturated rings. The van der Waals surface area contributed by atoms with Gasteiger partial charge in [0.15, 0.2) is 4.96 Å². The second-order valence-electron chi connectivity index (χ2n) is 7.08. The van der Waals surface area contributed by atoms with E-state index >= 15 is 0 Å². The molecule has 0 saturated heterocycles. The Morgan fingerprint density at radius 2 is 1.87 bits per heavy atom. The third-order valence-electron chi connectivity index (χ3n) is 5.04. The van der Waals surface area contributed by atoms with Crippen LogP contribution in [-0.2, 0) is 4.74 Å². The number of rotatable bonds is 8. The number of esters is 1. The average Bonchev–Trinajstić information content (AvgIpc) is 3.18. The Morgan fingerprint density at radius 1 is 1.17 bits per heavy atom. The molecule has 1 aromatic carbocycles. The van der Waals surface area contributed by atoms with Crippen molar-refractivity contribution < 1.29 is 9.53 Å². The molecule has 0 radical (unpaired) electrons. The molecule has 2 heterocycles. The summed E-state index contributed by atoms with van der Waals surface area (Å²) in [7, 11) is 0. The van der Waals surface area contributed by atoms with E-state index in [2.05, 4.69) is 23.7 Å². The lowest BCUT2D eigenvalue weighted by Crippen LogP contribution is -2.27. The number of likely N-dealkylation sites (N-methyl/N-ethyl adjacent to an activating group) is 1. The minimum atomic E-state index is -0.425. The molecule has 0 bridgehead atoms. The maximum atomic E-state index is 12.8. The van der Waals surface area contributed by atoms with E-state index in [1.165, 1.54) is 27.5 Å². The minimum absolute atomic E-state index is 0.179. The maximum Gasteiger partial charge on any atom is 0.350 e. The zero-order valence-corrected chi connectivity index (χ0v) is 18.7. The van der Waals surface area contributed by atoms with Crippen LogP contribution < -0.4 is 5.56 Å². The molecule has 0 spiro atoms. The molecule has 2 aromatic heterocycles. The monoisotopic (exact) mass is 425 g/mol. The summed E-state index contributed by atoms with van der Waals surface area (Å²) in [6, 6.07) is 8.11. The van der Waals surface area contributed by atoms with E-state index in [0.29, 0.717) is 34.2 Å². The number of hydrogen-bond acceptors (Lipinski definition) is 6. The second-order valence-corrected chi connectivity index (χ2v) is 8.09. The van der Waals surface area contributed by atoms with E-state index in [9.17, 15) is 9.59 Å². The highest BCUT2D eigenvalue weighted by molar-refractivity contribution is 7.18. The standard InChI is InChI=1S/C23H27N3O3S/c1-5-25(6-2)13-14-29-22(28)20-15-26-21(27)17(4)19(24-23(26)30-20)12-11-18-9-7-16(3)8-10-18/h7-12,15H,5-6,13-14H2,1-4H3. The highest BCUT2D eigenvalue weighted by atomic mass is 32.1. The van der Waals surface area contributed by atoms with E-state index < -0.39 is 5.97 Å². The van der Waals surface area contributed by atoms with Crippen molar-refractivity contribution >= 4 is 34.4 Å². The summed E-state index contributed by atoms with van der Waals surface area (Å²) < 4.78 is 6.80. The number of aryl methyl sites for hydroxylation is 1. The molecule has 0 aliphatic rings. The van der Waals surface area contributed by atoms with Gasteiger partial charge in [-0.1, -0.05) is 61.1 Å². The lowest BCUT2D eigenvalue weighted by molar-refractivity contribution is 0.0471. The van der Waals surface area contributed by atoms with Crippen molar-refractivity contribution in [1.29, 1.82) is 0 Å². The Balaban J connectivity index is 1.80. The number of thiazole rings is 1. The first-order valence-electron chi connectivity index (χ1n) is 10.1. The summed E-state index contributed by atoms with van der Waals surface area (Å²) >= 11 is 1.17.